The monoisotopic (exact) mass is 265 g/mol. The Morgan fingerprint density at radius 3 is 3.00 bits per heavy atom. The molecule has 2 aromatic rings. The zero-order valence-corrected chi connectivity index (χ0v) is 10.7. The molecule has 0 aliphatic carbocycles. The maximum atomic E-state index is 13.0. The van der Waals surface area contributed by atoms with Crippen molar-refractivity contribution >= 4 is 5.69 Å². The number of nitrogens with zero attached hydrogens (tertiary/aromatic N) is 4. The van der Waals surface area contributed by atoms with Crippen LogP contribution in [0.1, 0.15) is 13.3 Å². The van der Waals surface area contributed by atoms with Gasteiger partial charge in [0, 0.05) is 31.0 Å². The molecule has 0 aliphatic rings. The topological polar surface area (TPSA) is 78.8 Å². The summed E-state index contributed by atoms with van der Waals surface area (Å²) in [7, 11) is 0. The highest BCUT2D eigenvalue weighted by Gasteiger charge is 2.12. The number of aryl methyl sites for hydroxylation is 1. The predicted molar refractivity (Wildman–Crippen MR) is 68.7 cm³/mol. The van der Waals surface area contributed by atoms with Gasteiger partial charge in [0.2, 0.25) is 0 Å². The molecule has 7 heteroatoms. The molecule has 0 saturated heterocycles. The fourth-order valence-electron chi connectivity index (χ4n) is 1.75. The maximum Gasteiger partial charge on any atom is 0.184 e. The van der Waals surface area contributed by atoms with E-state index in [0.29, 0.717) is 36.8 Å². The van der Waals surface area contributed by atoms with E-state index in [4.69, 9.17) is 10.5 Å². The van der Waals surface area contributed by atoms with Crippen LogP contribution in [0.15, 0.2) is 18.2 Å². The van der Waals surface area contributed by atoms with Gasteiger partial charge < -0.3 is 10.5 Å². The Hall–Kier alpha value is -2.02. The van der Waals surface area contributed by atoms with E-state index in [-0.39, 0.29) is 5.82 Å². The second-order valence-electron chi connectivity index (χ2n) is 4.01. The van der Waals surface area contributed by atoms with Crippen LogP contribution in [0, 0.1) is 5.82 Å². The molecule has 0 radical (unpaired) electrons. The number of tetrazole rings is 1. The molecule has 0 saturated carbocycles. The van der Waals surface area contributed by atoms with Gasteiger partial charge in [0.1, 0.15) is 5.82 Å². The zero-order valence-electron chi connectivity index (χ0n) is 10.7. The lowest BCUT2D eigenvalue weighted by Crippen LogP contribution is -2.07. The lowest BCUT2D eigenvalue weighted by Gasteiger charge is -2.07. The largest absolute Gasteiger partial charge is 0.398 e. The molecule has 0 spiro atoms. The van der Waals surface area contributed by atoms with Gasteiger partial charge in [0.25, 0.3) is 0 Å². The van der Waals surface area contributed by atoms with Crippen LogP contribution in [0.25, 0.3) is 11.4 Å². The Morgan fingerprint density at radius 2 is 2.26 bits per heavy atom. The van der Waals surface area contributed by atoms with Crippen molar-refractivity contribution in [1.82, 2.24) is 20.2 Å². The van der Waals surface area contributed by atoms with Crippen molar-refractivity contribution < 1.29 is 9.13 Å². The summed E-state index contributed by atoms with van der Waals surface area (Å²) in [6.45, 7) is 3.91. The van der Waals surface area contributed by atoms with Gasteiger partial charge in [0.05, 0.1) is 0 Å². The maximum absolute atomic E-state index is 13.0. The molecule has 0 atom stereocenters. The average Bonchev–Trinajstić information content (AvgIpc) is 2.83. The Bertz CT molecular complexity index is 543. The SMILES string of the molecule is CCOCCCn1nnnc1-c1ccc(F)cc1N. The Kier molecular flexibility index (Phi) is 4.40. The summed E-state index contributed by atoms with van der Waals surface area (Å²) < 4.78 is 19.9. The van der Waals surface area contributed by atoms with Crippen molar-refractivity contribution in [3.63, 3.8) is 0 Å². The highest BCUT2D eigenvalue weighted by molar-refractivity contribution is 5.71. The minimum atomic E-state index is -0.378. The lowest BCUT2D eigenvalue weighted by atomic mass is 10.1. The first-order chi connectivity index (χ1) is 9.22. The molecule has 0 fully saturated rings. The number of ether oxygens (including phenoxy) is 1. The quantitative estimate of drug-likeness (QED) is 0.632. The van der Waals surface area contributed by atoms with Crippen LogP contribution in [-0.4, -0.2) is 33.4 Å². The molecule has 0 bridgehead atoms. The van der Waals surface area contributed by atoms with Crippen molar-refractivity contribution in [2.75, 3.05) is 18.9 Å². The standard InChI is InChI=1S/C12H16FN5O/c1-2-19-7-3-6-18-12(15-16-17-18)10-5-4-9(13)8-11(10)14/h4-5,8H,2-3,6-7,14H2,1H3. The summed E-state index contributed by atoms with van der Waals surface area (Å²) in [6, 6.07) is 4.18. The van der Waals surface area contributed by atoms with E-state index in [2.05, 4.69) is 15.5 Å². The number of hydrogen-bond donors (Lipinski definition) is 1. The second-order valence-corrected chi connectivity index (χ2v) is 4.01. The molecule has 1 aromatic carbocycles. The molecule has 1 aromatic heterocycles. The molecule has 2 rings (SSSR count). The molecule has 19 heavy (non-hydrogen) atoms. The van der Waals surface area contributed by atoms with Crippen molar-refractivity contribution in [3.8, 4) is 11.4 Å². The molecule has 0 unspecified atom stereocenters. The Balaban J connectivity index is 2.14. The van der Waals surface area contributed by atoms with E-state index >= 15 is 0 Å². The molecular weight excluding hydrogens is 249 g/mol. The van der Waals surface area contributed by atoms with Crippen molar-refractivity contribution in [2.45, 2.75) is 19.9 Å². The third-order valence-electron chi connectivity index (χ3n) is 2.65. The van der Waals surface area contributed by atoms with E-state index in [1.165, 1.54) is 12.1 Å². The first kappa shape index (κ1) is 13.4. The first-order valence-electron chi connectivity index (χ1n) is 6.11. The number of nitrogens with two attached hydrogens (primary N) is 1. The zero-order chi connectivity index (χ0) is 13.7. The van der Waals surface area contributed by atoms with Crippen LogP contribution in [0.3, 0.4) is 0 Å². The second kappa shape index (κ2) is 6.24. The van der Waals surface area contributed by atoms with Crippen LogP contribution < -0.4 is 5.73 Å². The molecule has 2 N–H and O–H groups in total. The average molecular weight is 265 g/mol. The van der Waals surface area contributed by atoms with Crippen LogP contribution >= 0.6 is 0 Å². The minimum Gasteiger partial charge on any atom is -0.398 e. The number of nitrogen functional groups attached to an aromatic ring is 1. The fraction of sp³-hybridized carbons (Fsp3) is 0.417. The van der Waals surface area contributed by atoms with E-state index in [0.717, 1.165) is 6.42 Å². The van der Waals surface area contributed by atoms with E-state index in [1.807, 2.05) is 6.92 Å². The van der Waals surface area contributed by atoms with Gasteiger partial charge in [-0.05, 0) is 42.0 Å². The van der Waals surface area contributed by atoms with E-state index < -0.39 is 0 Å². The molecule has 1 heterocycles. The summed E-state index contributed by atoms with van der Waals surface area (Å²) in [6.07, 6.45) is 0.799. The molecule has 6 nitrogen and oxygen atoms in total. The van der Waals surface area contributed by atoms with Gasteiger partial charge >= 0.3 is 0 Å². The molecule has 102 valence electrons. The number of halogens is 1. The van der Waals surface area contributed by atoms with Gasteiger partial charge in [-0.2, -0.15) is 0 Å². The summed E-state index contributed by atoms with van der Waals surface area (Å²) in [5.41, 5.74) is 6.73. The third kappa shape index (κ3) is 3.25. The van der Waals surface area contributed by atoms with Gasteiger partial charge in [0.15, 0.2) is 5.82 Å². The first-order valence-corrected chi connectivity index (χ1v) is 6.11. The summed E-state index contributed by atoms with van der Waals surface area (Å²) >= 11 is 0. The van der Waals surface area contributed by atoms with Crippen LogP contribution in [0.4, 0.5) is 10.1 Å². The molecule has 0 amide bonds. The van der Waals surface area contributed by atoms with Gasteiger partial charge in [-0.3, -0.25) is 0 Å². The van der Waals surface area contributed by atoms with E-state index in [9.17, 15) is 4.39 Å². The smallest absolute Gasteiger partial charge is 0.184 e. The van der Waals surface area contributed by atoms with Crippen LogP contribution in [-0.2, 0) is 11.3 Å². The minimum absolute atomic E-state index is 0.320. The molecular formula is C12H16FN5O. The fourth-order valence-corrected chi connectivity index (χ4v) is 1.75. The highest BCUT2D eigenvalue weighted by atomic mass is 19.1. The van der Waals surface area contributed by atoms with Crippen molar-refractivity contribution in [1.29, 1.82) is 0 Å². The molecule has 0 aliphatic heterocycles. The Morgan fingerprint density at radius 1 is 1.42 bits per heavy atom. The normalized spacial score (nSPS) is 10.8. The van der Waals surface area contributed by atoms with Gasteiger partial charge in [-0.25, -0.2) is 9.07 Å². The summed E-state index contributed by atoms with van der Waals surface area (Å²) in [4.78, 5) is 0. The van der Waals surface area contributed by atoms with Crippen molar-refractivity contribution in [2.24, 2.45) is 0 Å². The number of benzene rings is 1. The van der Waals surface area contributed by atoms with Crippen LogP contribution in [0.2, 0.25) is 0 Å². The van der Waals surface area contributed by atoms with Gasteiger partial charge in [-0.1, -0.05) is 0 Å². The Labute approximate surface area is 110 Å². The number of aromatic nitrogens is 4. The third-order valence-corrected chi connectivity index (χ3v) is 2.65. The summed E-state index contributed by atoms with van der Waals surface area (Å²) in [5.74, 6) is 0.158. The van der Waals surface area contributed by atoms with Gasteiger partial charge in [-0.15, -0.1) is 5.10 Å². The lowest BCUT2D eigenvalue weighted by molar-refractivity contribution is 0.141. The predicted octanol–water partition coefficient (Wildman–Crippen LogP) is 1.49. The van der Waals surface area contributed by atoms with E-state index in [1.54, 1.807) is 10.7 Å². The summed E-state index contributed by atoms with van der Waals surface area (Å²) in [5, 5.41) is 11.5. The number of anilines is 1. The number of hydrogen-bond acceptors (Lipinski definition) is 5. The van der Waals surface area contributed by atoms with Crippen LogP contribution in [0.5, 0.6) is 0 Å². The van der Waals surface area contributed by atoms with Crippen molar-refractivity contribution in [3.05, 3.63) is 24.0 Å². The highest BCUT2D eigenvalue weighted by Crippen LogP contribution is 2.24. The number of rotatable bonds is 6.